The summed E-state index contributed by atoms with van der Waals surface area (Å²) in [5, 5.41) is 9.34. The first-order valence-corrected chi connectivity index (χ1v) is 8.34. The number of hydrogen-bond donors (Lipinski definition) is 0. The van der Waals surface area contributed by atoms with Crippen LogP contribution < -0.4 is 9.64 Å². The SMILES string of the molecule is N#Cc1nc(-c2ccc(COc3ccccc3)o2)oc1N1CCOCC1. The summed E-state index contributed by atoms with van der Waals surface area (Å²) >= 11 is 0. The highest BCUT2D eigenvalue weighted by molar-refractivity contribution is 5.56. The maximum Gasteiger partial charge on any atom is 0.266 e. The van der Waals surface area contributed by atoms with Crippen molar-refractivity contribution in [3.8, 4) is 23.5 Å². The number of oxazole rings is 1. The summed E-state index contributed by atoms with van der Waals surface area (Å²) in [6, 6.07) is 15.2. The van der Waals surface area contributed by atoms with Gasteiger partial charge in [-0.15, -0.1) is 0 Å². The number of furan rings is 1. The molecule has 0 aliphatic carbocycles. The van der Waals surface area contributed by atoms with Crippen LogP contribution in [0.3, 0.4) is 0 Å². The fourth-order valence-corrected chi connectivity index (χ4v) is 2.71. The van der Waals surface area contributed by atoms with Crippen molar-refractivity contribution >= 4 is 5.88 Å². The van der Waals surface area contributed by atoms with Gasteiger partial charge in [-0.25, -0.2) is 0 Å². The molecule has 7 heteroatoms. The van der Waals surface area contributed by atoms with Crippen LogP contribution in [-0.2, 0) is 11.3 Å². The van der Waals surface area contributed by atoms with Crippen LogP contribution in [0, 0.1) is 11.3 Å². The molecule has 1 saturated heterocycles. The molecule has 1 fully saturated rings. The Balaban J connectivity index is 1.50. The Hall–Kier alpha value is -3.24. The van der Waals surface area contributed by atoms with Gasteiger partial charge in [0.25, 0.3) is 5.89 Å². The van der Waals surface area contributed by atoms with Gasteiger partial charge in [-0.2, -0.15) is 10.2 Å². The van der Waals surface area contributed by atoms with Crippen LogP contribution in [0.2, 0.25) is 0 Å². The standard InChI is InChI=1S/C19H17N3O4/c20-12-16-19(22-8-10-23-11-9-22)26-18(21-16)17-7-6-15(25-17)13-24-14-4-2-1-3-5-14/h1-7H,8-11,13H2. The predicted molar refractivity (Wildman–Crippen MR) is 92.7 cm³/mol. The Morgan fingerprint density at radius 3 is 2.65 bits per heavy atom. The van der Waals surface area contributed by atoms with Crippen LogP contribution in [-0.4, -0.2) is 31.3 Å². The molecule has 0 radical (unpaired) electrons. The Morgan fingerprint density at radius 2 is 1.88 bits per heavy atom. The molecular formula is C19H17N3O4. The van der Waals surface area contributed by atoms with E-state index in [4.69, 9.17) is 18.3 Å². The van der Waals surface area contributed by atoms with Crippen molar-refractivity contribution in [1.82, 2.24) is 4.98 Å². The second kappa shape index (κ2) is 7.33. The van der Waals surface area contributed by atoms with Gasteiger partial charge in [-0.1, -0.05) is 18.2 Å². The Labute approximate surface area is 150 Å². The zero-order valence-electron chi connectivity index (χ0n) is 14.1. The molecule has 26 heavy (non-hydrogen) atoms. The number of hydrogen-bond acceptors (Lipinski definition) is 7. The van der Waals surface area contributed by atoms with E-state index in [1.165, 1.54) is 0 Å². The van der Waals surface area contributed by atoms with Crippen LogP contribution in [0.15, 0.2) is 51.3 Å². The average Bonchev–Trinajstić information content (AvgIpc) is 3.35. The number of anilines is 1. The van der Waals surface area contributed by atoms with Gasteiger partial charge in [0.05, 0.1) is 13.2 Å². The van der Waals surface area contributed by atoms with Gasteiger partial charge in [0, 0.05) is 13.1 Å². The van der Waals surface area contributed by atoms with Crippen molar-refractivity contribution in [1.29, 1.82) is 5.26 Å². The Kier molecular flexibility index (Phi) is 4.58. The third-order valence-corrected chi connectivity index (χ3v) is 4.01. The molecule has 0 unspecified atom stereocenters. The lowest BCUT2D eigenvalue weighted by Crippen LogP contribution is -2.36. The quantitative estimate of drug-likeness (QED) is 0.697. The molecule has 1 aliphatic heterocycles. The second-order valence-corrected chi connectivity index (χ2v) is 5.75. The summed E-state index contributed by atoms with van der Waals surface area (Å²) in [5.41, 5.74) is 0.250. The van der Waals surface area contributed by atoms with E-state index < -0.39 is 0 Å². The lowest BCUT2D eigenvalue weighted by atomic mass is 10.3. The number of nitriles is 1. The molecule has 0 bridgehead atoms. The Bertz CT molecular complexity index is 905. The van der Waals surface area contributed by atoms with Gasteiger partial charge < -0.3 is 23.2 Å². The zero-order chi connectivity index (χ0) is 17.8. The summed E-state index contributed by atoms with van der Waals surface area (Å²) in [7, 11) is 0. The highest BCUT2D eigenvalue weighted by Crippen LogP contribution is 2.30. The van der Waals surface area contributed by atoms with E-state index in [0.717, 1.165) is 5.75 Å². The van der Waals surface area contributed by atoms with Crippen molar-refractivity contribution < 1.29 is 18.3 Å². The molecule has 0 spiro atoms. The molecule has 7 nitrogen and oxygen atoms in total. The van der Waals surface area contributed by atoms with E-state index in [-0.39, 0.29) is 11.6 Å². The molecule has 1 aromatic carbocycles. The molecule has 4 rings (SSSR count). The van der Waals surface area contributed by atoms with Gasteiger partial charge in [-0.3, -0.25) is 0 Å². The number of aromatic nitrogens is 1. The number of nitrogens with zero attached hydrogens (tertiary/aromatic N) is 3. The molecule has 132 valence electrons. The van der Waals surface area contributed by atoms with Crippen LogP contribution in [0.5, 0.6) is 5.75 Å². The normalized spacial score (nSPS) is 14.2. The van der Waals surface area contributed by atoms with E-state index in [0.29, 0.717) is 50.3 Å². The number of rotatable bonds is 5. The minimum absolute atomic E-state index is 0.250. The first-order valence-electron chi connectivity index (χ1n) is 8.34. The lowest BCUT2D eigenvalue weighted by molar-refractivity contribution is 0.120. The number of para-hydroxylation sites is 1. The molecule has 0 N–H and O–H groups in total. The van der Waals surface area contributed by atoms with Crippen molar-refractivity contribution in [2.45, 2.75) is 6.61 Å². The summed E-state index contributed by atoms with van der Waals surface area (Å²) in [6.07, 6.45) is 0. The molecule has 0 saturated carbocycles. The molecule has 0 amide bonds. The van der Waals surface area contributed by atoms with E-state index in [1.807, 2.05) is 41.3 Å². The van der Waals surface area contributed by atoms with Gasteiger partial charge in [0.1, 0.15) is 24.2 Å². The van der Waals surface area contributed by atoms with Crippen molar-refractivity contribution in [2.75, 3.05) is 31.2 Å². The largest absolute Gasteiger partial charge is 0.486 e. The van der Waals surface area contributed by atoms with Gasteiger partial charge >= 0.3 is 0 Å². The third-order valence-electron chi connectivity index (χ3n) is 4.01. The molecule has 2 aromatic heterocycles. The molecule has 0 atom stereocenters. The van der Waals surface area contributed by atoms with Gasteiger partial charge in [-0.05, 0) is 24.3 Å². The van der Waals surface area contributed by atoms with Gasteiger partial charge in [0.2, 0.25) is 11.6 Å². The summed E-state index contributed by atoms with van der Waals surface area (Å²) in [6.45, 7) is 2.83. The van der Waals surface area contributed by atoms with Crippen molar-refractivity contribution in [2.24, 2.45) is 0 Å². The topological polar surface area (TPSA) is 84.7 Å². The summed E-state index contributed by atoms with van der Waals surface area (Å²) in [5.74, 6) is 2.63. The van der Waals surface area contributed by atoms with Crippen LogP contribution in [0.1, 0.15) is 11.5 Å². The maximum atomic E-state index is 9.34. The fraction of sp³-hybridized carbons (Fsp3) is 0.263. The molecular weight excluding hydrogens is 334 g/mol. The Morgan fingerprint density at radius 1 is 1.08 bits per heavy atom. The summed E-state index contributed by atoms with van der Waals surface area (Å²) in [4.78, 5) is 6.22. The third kappa shape index (κ3) is 3.41. The van der Waals surface area contributed by atoms with E-state index in [2.05, 4.69) is 11.1 Å². The number of benzene rings is 1. The van der Waals surface area contributed by atoms with Crippen LogP contribution in [0.4, 0.5) is 5.88 Å². The van der Waals surface area contributed by atoms with Gasteiger partial charge in [0.15, 0.2) is 5.76 Å². The molecule has 3 aromatic rings. The summed E-state index contributed by atoms with van der Waals surface area (Å²) < 4.78 is 22.6. The minimum atomic E-state index is 0.250. The highest BCUT2D eigenvalue weighted by atomic mass is 16.5. The maximum absolute atomic E-state index is 9.34. The highest BCUT2D eigenvalue weighted by Gasteiger charge is 2.23. The zero-order valence-corrected chi connectivity index (χ0v) is 14.1. The van der Waals surface area contributed by atoms with E-state index >= 15 is 0 Å². The number of morpholine rings is 1. The predicted octanol–water partition coefficient (Wildman–Crippen LogP) is 3.22. The van der Waals surface area contributed by atoms with E-state index in [9.17, 15) is 5.26 Å². The van der Waals surface area contributed by atoms with Crippen LogP contribution in [0.25, 0.3) is 11.7 Å². The average molecular weight is 351 g/mol. The van der Waals surface area contributed by atoms with Crippen LogP contribution >= 0.6 is 0 Å². The van der Waals surface area contributed by atoms with Crippen molar-refractivity contribution in [3.05, 3.63) is 53.9 Å². The first-order chi connectivity index (χ1) is 12.8. The second-order valence-electron chi connectivity index (χ2n) is 5.75. The monoisotopic (exact) mass is 351 g/mol. The molecule has 3 heterocycles. The minimum Gasteiger partial charge on any atom is -0.486 e. The molecule has 1 aliphatic rings. The number of ether oxygens (including phenoxy) is 2. The smallest absolute Gasteiger partial charge is 0.266 e. The lowest BCUT2D eigenvalue weighted by Gasteiger charge is -2.25. The fourth-order valence-electron chi connectivity index (χ4n) is 2.71. The first kappa shape index (κ1) is 16.2. The van der Waals surface area contributed by atoms with E-state index in [1.54, 1.807) is 6.07 Å². The van der Waals surface area contributed by atoms with Crippen molar-refractivity contribution in [3.63, 3.8) is 0 Å².